The second-order valence-corrected chi connectivity index (χ2v) is 7.50. The first-order valence-corrected chi connectivity index (χ1v) is 10.7. The summed E-state index contributed by atoms with van der Waals surface area (Å²) in [4.78, 5) is 23.9. The summed E-state index contributed by atoms with van der Waals surface area (Å²) in [6.07, 6.45) is 3.40. The van der Waals surface area contributed by atoms with E-state index in [1.165, 1.54) is 25.0 Å². The summed E-state index contributed by atoms with van der Waals surface area (Å²) in [6, 6.07) is 23.1. The number of carbonyl (C=O) groups excluding carboxylic acids is 1. The minimum atomic E-state index is -0.481. The van der Waals surface area contributed by atoms with Crippen molar-refractivity contribution in [3.8, 4) is 22.6 Å². The zero-order valence-corrected chi connectivity index (χ0v) is 17.9. The Hall–Kier alpha value is -3.86. The molecule has 0 amide bonds. The Balaban J connectivity index is 1.40. The number of hydrogen-bond donors (Lipinski definition) is 0. The smallest absolute Gasteiger partial charge is 0.343 e. The first-order valence-electron chi connectivity index (χ1n) is 10.7. The van der Waals surface area contributed by atoms with Crippen molar-refractivity contribution < 1.29 is 18.7 Å². The van der Waals surface area contributed by atoms with Gasteiger partial charge >= 0.3 is 11.6 Å². The van der Waals surface area contributed by atoms with Gasteiger partial charge in [-0.3, -0.25) is 0 Å². The SMILES string of the molecule is CCCCCOc1ccc(-c2ccc(C(=O)Oc3ccc4ccc(=O)oc4c3)cc2)cc1. The Labute approximate surface area is 186 Å². The number of fused-ring (bicyclic) bond motifs is 1. The molecule has 5 nitrogen and oxygen atoms in total. The number of rotatable bonds is 8. The lowest BCUT2D eigenvalue weighted by Gasteiger charge is -2.08. The quantitative estimate of drug-likeness (QED) is 0.144. The van der Waals surface area contributed by atoms with Gasteiger partial charge in [0.2, 0.25) is 0 Å². The van der Waals surface area contributed by atoms with E-state index in [0.717, 1.165) is 35.3 Å². The fourth-order valence-corrected chi connectivity index (χ4v) is 3.35. The normalized spacial score (nSPS) is 10.8. The summed E-state index contributed by atoms with van der Waals surface area (Å²) < 4.78 is 16.3. The largest absolute Gasteiger partial charge is 0.494 e. The van der Waals surface area contributed by atoms with E-state index in [1.807, 2.05) is 36.4 Å². The molecule has 0 radical (unpaired) electrons. The molecule has 0 fully saturated rings. The van der Waals surface area contributed by atoms with Crippen LogP contribution < -0.4 is 15.1 Å². The van der Waals surface area contributed by atoms with Crippen LogP contribution in [0.5, 0.6) is 11.5 Å². The number of esters is 1. The van der Waals surface area contributed by atoms with E-state index < -0.39 is 11.6 Å². The predicted molar refractivity (Wildman–Crippen MR) is 124 cm³/mol. The number of carbonyl (C=O) groups is 1. The third kappa shape index (κ3) is 5.24. The van der Waals surface area contributed by atoms with E-state index in [4.69, 9.17) is 13.9 Å². The lowest BCUT2D eigenvalue weighted by atomic mass is 10.0. The van der Waals surface area contributed by atoms with Crippen LogP contribution in [0.15, 0.2) is 88.1 Å². The molecular weight excluding hydrogens is 404 g/mol. The van der Waals surface area contributed by atoms with Gasteiger partial charge in [0.25, 0.3) is 0 Å². The number of unbranched alkanes of at least 4 members (excludes halogenated alkanes) is 2. The van der Waals surface area contributed by atoms with Gasteiger partial charge in [-0.1, -0.05) is 44.0 Å². The van der Waals surface area contributed by atoms with Crippen LogP contribution in [0.2, 0.25) is 0 Å². The van der Waals surface area contributed by atoms with E-state index in [9.17, 15) is 9.59 Å². The second kappa shape index (κ2) is 9.96. The molecule has 0 aliphatic rings. The summed E-state index contributed by atoms with van der Waals surface area (Å²) in [7, 11) is 0. The lowest BCUT2D eigenvalue weighted by molar-refractivity contribution is 0.0735. The van der Waals surface area contributed by atoms with Crippen LogP contribution >= 0.6 is 0 Å². The average molecular weight is 428 g/mol. The molecule has 3 aromatic carbocycles. The zero-order chi connectivity index (χ0) is 22.3. The summed E-state index contributed by atoms with van der Waals surface area (Å²) in [6.45, 7) is 2.90. The molecule has 162 valence electrons. The minimum absolute atomic E-state index is 0.315. The summed E-state index contributed by atoms with van der Waals surface area (Å²) in [5.41, 5.74) is 2.38. The van der Waals surface area contributed by atoms with Gasteiger partial charge in [0.1, 0.15) is 17.1 Å². The number of hydrogen-bond acceptors (Lipinski definition) is 5. The molecule has 0 spiro atoms. The van der Waals surface area contributed by atoms with Gasteiger partial charge in [0.05, 0.1) is 12.2 Å². The highest BCUT2D eigenvalue weighted by Crippen LogP contribution is 2.24. The van der Waals surface area contributed by atoms with Crippen LogP contribution in [0, 0.1) is 0 Å². The molecule has 0 unspecified atom stereocenters. The predicted octanol–water partition coefficient (Wildman–Crippen LogP) is 6.25. The molecule has 32 heavy (non-hydrogen) atoms. The standard InChI is InChI=1S/C27H24O5/c1-2-3-4-17-30-23-13-9-20(10-14-23)19-5-7-22(8-6-19)27(29)31-24-15-11-21-12-16-26(28)32-25(21)18-24/h5-16,18H,2-4,17H2,1H3. The molecular formula is C27H24O5. The molecule has 4 aromatic rings. The van der Waals surface area contributed by atoms with E-state index in [-0.39, 0.29) is 0 Å². The molecule has 0 aliphatic heterocycles. The molecule has 0 atom stereocenters. The van der Waals surface area contributed by atoms with Crippen LogP contribution in [-0.2, 0) is 0 Å². The summed E-state index contributed by atoms with van der Waals surface area (Å²) >= 11 is 0. The third-order valence-corrected chi connectivity index (χ3v) is 5.13. The van der Waals surface area contributed by atoms with Crippen LogP contribution in [0.1, 0.15) is 36.5 Å². The molecule has 0 saturated heterocycles. The Bertz CT molecular complexity index is 1250. The van der Waals surface area contributed by atoms with Gasteiger partial charge in [-0.15, -0.1) is 0 Å². The maximum Gasteiger partial charge on any atom is 0.343 e. The fourth-order valence-electron chi connectivity index (χ4n) is 3.35. The van der Waals surface area contributed by atoms with Crippen LogP contribution in [0.4, 0.5) is 0 Å². The summed E-state index contributed by atoms with van der Waals surface area (Å²) in [5.74, 6) is 0.691. The fraction of sp³-hybridized carbons (Fsp3) is 0.185. The van der Waals surface area contributed by atoms with Crippen molar-refractivity contribution in [3.63, 3.8) is 0 Å². The third-order valence-electron chi connectivity index (χ3n) is 5.13. The average Bonchev–Trinajstić information content (AvgIpc) is 2.82. The van der Waals surface area contributed by atoms with Crippen molar-refractivity contribution >= 4 is 16.9 Å². The minimum Gasteiger partial charge on any atom is -0.494 e. The Morgan fingerprint density at radius 2 is 1.47 bits per heavy atom. The van der Waals surface area contributed by atoms with E-state index in [1.54, 1.807) is 30.3 Å². The Kier molecular flexibility index (Phi) is 6.66. The molecule has 4 rings (SSSR count). The van der Waals surface area contributed by atoms with Crippen molar-refractivity contribution in [2.45, 2.75) is 26.2 Å². The van der Waals surface area contributed by atoms with Crippen molar-refractivity contribution in [3.05, 3.63) is 94.8 Å². The van der Waals surface area contributed by atoms with Crippen molar-refractivity contribution in [1.29, 1.82) is 0 Å². The van der Waals surface area contributed by atoms with E-state index >= 15 is 0 Å². The second-order valence-electron chi connectivity index (χ2n) is 7.50. The van der Waals surface area contributed by atoms with Crippen molar-refractivity contribution in [1.82, 2.24) is 0 Å². The first kappa shape index (κ1) is 21.4. The van der Waals surface area contributed by atoms with Crippen LogP contribution in [0.3, 0.4) is 0 Å². The molecule has 1 heterocycles. The highest BCUT2D eigenvalue weighted by molar-refractivity contribution is 5.92. The monoisotopic (exact) mass is 428 g/mol. The molecule has 5 heteroatoms. The number of benzene rings is 3. The van der Waals surface area contributed by atoms with Crippen molar-refractivity contribution in [2.24, 2.45) is 0 Å². The van der Waals surface area contributed by atoms with Gasteiger partial charge in [0, 0.05) is 17.5 Å². The highest BCUT2D eigenvalue weighted by atomic mass is 16.5. The number of ether oxygens (including phenoxy) is 2. The maximum absolute atomic E-state index is 12.5. The van der Waals surface area contributed by atoms with Gasteiger partial charge in [0.15, 0.2) is 0 Å². The van der Waals surface area contributed by atoms with Crippen LogP contribution in [-0.4, -0.2) is 12.6 Å². The summed E-state index contributed by atoms with van der Waals surface area (Å²) in [5, 5.41) is 0.756. The van der Waals surface area contributed by atoms with Crippen LogP contribution in [0.25, 0.3) is 22.1 Å². The van der Waals surface area contributed by atoms with Gasteiger partial charge in [-0.25, -0.2) is 9.59 Å². The molecule has 0 N–H and O–H groups in total. The molecule has 1 aromatic heterocycles. The topological polar surface area (TPSA) is 65.7 Å². The molecule has 0 bridgehead atoms. The van der Waals surface area contributed by atoms with Gasteiger partial charge in [-0.05, 0) is 60.0 Å². The Morgan fingerprint density at radius 3 is 2.19 bits per heavy atom. The van der Waals surface area contributed by atoms with Gasteiger partial charge < -0.3 is 13.9 Å². The lowest BCUT2D eigenvalue weighted by Crippen LogP contribution is -2.08. The zero-order valence-electron chi connectivity index (χ0n) is 17.9. The molecule has 0 aliphatic carbocycles. The van der Waals surface area contributed by atoms with Crippen molar-refractivity contribution in [2.75, 3.05) is 6.61 Å². The first-order chi connectivity index (χ1) is 15.6. The Morgan fingerprint density at radius 1 is 0.812 bits per heavy atom. The van der Waals surface area contributed by atoms with Gasteiger partial charge in [-0.2, -0.15) is 0 Å². The molecule has 0 saturated carbocycles. The maximum atomic E-state index is 12.5. The van der Waals surface area contributed by atoms with E-state index in [2.05, 4.69) is 6.92 Å². The van der Waals surface area contributed by atoms with E-state index in [0.29, 0.717) is 16.9 Å². The highest BCUT2D eigenvalue weighted by Gasteiger charge is 2.10.